The first-order chi connectivity index (χ1) is 8.81. The summed E-state index contributed by atoms with van der Waals surface area (Å²) in [5.74, 6) is -4.34. The number of carboxylic acid groups (broad SMARTS) is 1. The highest BCUT2D eigenvalue weighted by atomic mass is 32.2. The van der Waals surface area contributed by atoms with E-state index in [4.69, 9.17) is 5.11 Å². The van der Waals surface area contributed by atoms with Gasteiger partial charge in [-0.05, 0) is 12.1 Å². The number of aliphatic carboxylic acids is 1. The summed E-state index contributed by atoms with van der Waals surface area (Å²) in [4.78, 5) is 21.3. The Balaban J connectivity index is 2.87. The van der Waals surface area contributed by atoms with E-state index in [1.165, 1.54) is 0 Å². The Morgan fingerprint density at radius 3 is 2.53 bits per heavy atom. The molecule has 1 rings (SSSR count). The highest BCUT2D eigenvalue weighted by molar-refractivity contribution is 7.85. The van der Waals surface area contributed by atoms with E-state index in [1.54, 1.807) is 0 Å². The minimum Gasteiger partial charge on any atom is -0.480 e. The van der Waals surface area contributed by atoms with Gasteiger partial charge in [0.2, 0.25) is 5.91 Å². The Bertz CT molecular complexity index is 535. The lowest BCUT2D eigenvalue weighted by molar-refractivity contribution is -0.140. The van der Waals surface area contributed by atoms with E-state index < -0.39 is 46.1 Å². The lowest BCUT2D eigenvalue weighted by Crippen LogP contribution is -2.43. The summed E-state index contributed by atoms with van der Waals surface area (Å²) in [6, 6.07) is 1.06. The van der Waals surface area contributed by atoms with Gasteiger partial charge in [-0.1, -0.05) is 0 Å². The van der Waals surface area contributed by atoms with Crippen LogP contribution >= 0.6 is 0 Å². The first kappa shape index (κ1) is 15.2. The quantitative estimate of drug-likeness (QED) is 0.835. The van der Waals surface area contributed by atoms with Crippen molar-refractivity contribution in [1.82, 2.24) is 5.32 Å². The second-order valence-corrected chi connectivity index (χ2v) is 5.14. The van der Waals surface area contributed by atoms with Crippen LogP contribution in [0.15, 0.2) is 23.1 Å². The molecule has 1 aromatic carbocycles. The number of carbonyl (C=O) groups excluding carboxylic acids is 1. The standard InChI is InChI=1S/C11H11F2NO4S/c1-6(15)14-9(11(16)17)5-19(18)10-3-2-7(12)4-8(10)13/h2-4,9H,5H2,1H3,(H,14,15)(H,16,17). The van der Waals surface area contributed by atoms with Gasteiger partial charge in [0, 0.05) is 13.0 Å². The van der Waals surface area contributed by atoms with Crippen molar-refractivity contribution < 1.29 is 27.7 Å². The molecule has 0 aromatic heterocycles. The van der Waals surface area contributed by atoms with E-state index >= 15 is 0 Å². The smallest absolute Gasteiger partial charge is 0.327 e. The number of carbonyl (C=O) groups is 2. The Labute approximate surface area is 110 Å². The predicted octanol–water partition coefficient (Wildman–Crippen LogP) is 0.662. The maximum absolute atomic E-state index is 13.3. The maximum atomic E-state index is 13.3. The molecule has 1 amide bonds. The van der Waals surface area contributed by atoms with Crippen molar-refractivity contribution in [3.05, 3.63) is 29.8 Å². The van der Waals surface area contributed by atoms with Crippen LogP contribution in [0.1, 0.15) is 6.92 Å². The molecule has 1 aromatic rings. The Kier molecular flexibility index (Phi) is 5.11. The van der Waals surface area contributed by atoms with Gasteiger partial charge in [-0.3, -0.25) is 9.00 Å². The summed E-state index contributed by atoms with van der Waals surface area (Å²) < 4.78 is 37.8. The fraction of sp³-hybridized carbons (Fsp3) is 0.273. The number of amides is 1. The Hall–Kier alpha value is -1.83. The van der Waals surface area contributed by atoms with Gasteiger partial charge in [0.15, 0.2) is 0 Å². The fourth-order valence-corrected chi connectivity index (χ4v) is 2.53. The van der Waals surface area contributed by atoms with Gasteiger partial charge in [0.1, 0.15) is 17.7 Å². The van der Waals surface area contributed by atoms with Gasteiger partial charge < -0.3 is 10.4 Å². The second kappa shape index (κ2) is 6.37. The lowest BCUT2D eigenvalue weighted by Gasteiger charge is -2.13. The monoisotopic (exact) mass is 291 g/mol. The second-order valence-electron chi connectivity index (χ2n) is 3.68. The number of benzene rings is 1. The van der Waals surface area contributed by atoms with Crippen molar-refractivity contribution in [3.63, 3.8) is 0 Å². The van der Waals surface area contributed by atoms with Crippen molar-refractivity contribution in [3.8, 4) is 0 Å². The zero-order valence-electron chi connectivity index (χ0n) is 9.85. The van der Waals surface area contributed by atoms with E-state index in [-0.39, 0.29) is 4.90 Å². The topological polar surface area (TPSA) is 83.5 Å². The van der Waals surface area contributed by atoms with Crippen molar-refractivity contribution in [1.29, 1.82) is 0 Å². The fourth-order valence-electron chi connectivity index (χ4n) is 1.32. The van der Waals surface area contributed by atoms with Crippen LogP contribution in [-0.4, -0.2) is 33.0 Å². The summed E-state index contributed by atoms with van der Waals surface area (Å²) in [5, 5.41) is 10.9. The molecule has 104 valence electrons. The molecule has 2 unspecified atom stereocenters. The first-order valence-electron chi connectivity index (χ1n) is 5.14. The van der Waals surface area contributed by atoms with Crippen LogP contribution < -0.4 is 5.32 Å². The van der Waals surface area contributed by atoms with Crippen molar-refractivity contribution in [2.75, 3.05) is 5.75 Å². The Morgan fingerprint density at radius 1 is 1.42 bits per heavy atom. The summed E-state index contributed by atoms with van der Waals surface area (Å²) in [7, 11) is -2.01. The molecule has 0 aliphatic carbocycles. The molecule has 0 radical (unpaired) electrons. The number of hydrogen-bond acceptors (Lipinski definition) is 3. The SMILES string of the molecule is CC(=O)NC(CS(=O)c1ccc(F)cc1F)C(=O)O. The van der Waals surface area contributed by atoms with Gasteiger partial charge in [-0.25, -0.2) is 13.6 Å². The molecule has 0 saturated carbocycles. The Morgan fingerprint density at radius 2 is 2.05 bits per heavy atom. The van der Waals surface area contributed by atoms with E-state index in [9.17, 15) is 22.6 Å². The van der Waals surface area contributed by atoms with Gasteiger partial charge in [0.05, 0.1) is 21.4 Å². The zero-order valence-corrected chi connectivity index (χ0v) is 10.7. The molecule has 8 heteroatoms. The molecule has 0 aliphatic rings. The number of rotatable bonds is 5. The molecule has 0 saturated heterocycles. The molecule has 2 atom stereocenters. The number of hydrogen-bond donors (Lipinski definition) is 2. The molecule has 5 nitrogen and oxygen atoms in total. The molecule has 0 spiro atoms. The van der Waals surface area contributed by atoms with Crippen LogP contribution in [0.5, 0.6) is 0 Å². The summed E-state index contributed by atoms with van der Waals surface area (Å²) in [5.41, 5.74) is 0. The van der Waals surface area contributed by atoms with Crippen molar-refractivity contribution >= 4 is 22.7 Å². The molecule has 0 bridgehead atoms. The van der Waals surface area contributed by atoms with Crippen molar-refractivity contribution in [2.24, 2.45) is 0 Å². The third-order valence-corrected chi connectivity index (χ3v) is 3.59. The zero-order chi connectivity index (χ0) is 14.6. The van der Waals surface area contributed by atoms with Crippen LogP contribution in [0.4, 0.5) is 8.78 Å². The largest absolute Gasteiger partial charge is 0.480 e. The normalized spacial score (nSPS) is 13.6. The lowest BCUT2D eigenvalue weighted by atomic mass is 10.3. The van der Waals surface area contributed by atoms with Crippen LogP contribution in [0.25, 0.3) is 0 Å². The third kappa shape index (κ3) is 4.40. The summed E-state index contributed by atoms with van der Waals surface area (Å²) in [6.45, 7) is 1.11. The first-order valence-corrected chi connectivity index (χ1v) is 6.46. The van der Waals surface area contributed by atoms with Crippen LogP contribution in [-0.2, 0) is 20.4 Å². The number of halogens is 2. The average Bonchev–Trinajstić information content (AvgIpc) is 2.26. The summed E-state index contributed by atoms with van der Waals surface area (Å²) >= 11 is 0. The van der Waals surface area contributed by atoms with E-state index in [0.717, 1.165) is 19.1 Å². The maximum Gasteiger partial charge on any atom is 0.327 e. The van der Waals surface area contributed by atoms with Crippen LogP contribution in [0, 0.1) is 11.6 Å². The molecular formula is C11H11F2NO4S. The van der Waals surface area contributed by atoms with Gasteiger partial charge in [0.25, 0.3) is 0 Å². The molecule has 0 aliphatic heterocycles. The summed E-state index contributed by atoms with van der Waals surface area (Å²) in [6.07, 6.45) is 0. The van der Waals surface area contributed by atoms with E-state index in [0.29, 0.717) is 6.07 Å². The average molecular weight is 291 g/mol. The molecule has 0 heterocycles. The van der Waals surface area contributed by atoms with Gasteiger partial charge in [-0.2, -0.15) is 0 Å². The predicted molar refractivity (Wildman–Crippen MR) is 62.9 cm³/mol. The molecule has 0 fully saturated rings. The third-order valence-electron chi connectivity index (χ3n) is 2.13. The van der Waals surface area contributed by atoms with Crippen LogP contribution in [0.2, 0.25) is 0 Å². The molecular weight excluding hydrogens is 280 g/mol. The minimum absolute atomic E-state index is 0.307. The van der Waals surface area contributed by atoms with Crippen molar-refractivity contribution in [2.45, 2.75) is 17.9 Å². The van der Waals surface area contributed by atoms with E-state index in [2.05, 4.69) is 5.32 Å². The molecule has 2 N–H and O–H groups in total. The van der Waals surface area contributed by atoms with Gasteiger partial charge in [-0.15, -0.1) is 0 Å². The minimum atomic E-state index is -2.01. The number of carboxylic acids is 1. The molecule has 19 heavy (non-hydrogen) atoms. The van der Waals surface area contributed by atoms with Gasteiger partial charge >= 0.3 is 5.97 Å². The van der Waals surface area contributed by atoms with Crippen LogP contribution in [0.3, 0.4) is 0 Å². The van der Waals surface area contributed by atoms with E-state index in [1.807, 2.05) is 0 Å². The highest BCUT2D eigenvalue weighted by Gasteiger charge is 2.23. The number of nitrogens with one attached hydrogen (secondary N) is 1. The highest BCUT2D eigenvalue weighted by Crippen LogP contribution is 2.14.